The Morgan fingerprint density at radius 2 is 1.60 bits per heavy atom. The fourth-order valence-electron chi connectivity index (χ4n) is 1.07. The minimum absolute atomic E-state index is 0.499. The van der Waals surface area contributed by atoms with Gasteiger partial charge < -0.3 is 13.3 Å². The quantitative estimate of drug-likeness (QED) is 0.568. The first-order valence-electron chi connectivity index (χ1n) is 4.51. The molecule has 0 aliphatic heterocycles. The van der Waals surface area contributed by atoms with Crippen molar-refractivity contribution in [2.45, 2.75) is 12.5 Å². The van der Waals surface area contributed by atoms with E-state index in [9.17, 15) is 0 Å². The van der Waals surface area contributed by atoms with Gasteiger partial charge in [-0.15, -0.1) is 11.6 Å². The van der Waals surface area contributed by atoms with Crippen LogP contribution in [0.3, 0.4) is 0 Å². The Balaban J connectivity index is 2.43. The standard InChI is InChI=1S/C10H14ClO3Si/c1-12-15(13-2)14-8-10-5-3-9(7-11)4-6-10/h3-6H,7-8H2,1-2H3. The maximum Gasteiger partial charge on any atom is 0.577 e. The van der Waals surface area contributed by atoms with Crippen LogP contribution in [-0.4, -0.2) is 23.7 Å². The number of benzene rings is 1. The molecule has 0 bridgehead atoms. The average Bonchev–Trinajstić information content (AvgIpc) is 2.31. The first-order chi connectivity index (χ1) is 7.30. The van der Waals surface area contributed by atoms with E-state index in [1.54, 1.807) is 14.2 Å². The summed E-state index contributed by atoms with van der Waals surface area (Å²) in [7, 11) is 1.59. The second kappa shape index (κ2) is 6.98. The monoisotopic (exact) mass is 245 g/mol. The molecule has 15 heavy (non-hydrogen) atoms. The van der Waals surface area contributed by atoms with Crippen LogP contribution in [0.15, 0.2) is 24.3 Å². The number of hydrogen-bond donors (Lipinski definition) is 0. The van der Waals surface area contributed by atoms with Crippen molar-refractivity contribution in [2.24, 2.45) is 0 Å². The van der Waals surface area contributed by atoms with E-state index in [2.05, 4.69) is 0 Å². The van der Waals surface area contributed by atoms with Gasteiger partial charge in [-0.1, -0.05) is 24.3 Å². The van der Waals surface area contributed by atoms with E-state index >= 15 is 0 Å². The van der Waals surface area contributed by atoms with Crippen molar-refractivity contribution in [3.05, 3.63) is 35.4 Å². The first kappa shape index (κ1) is 12.7. The highest BCUT2D eigenvalue weighted by Crippen LogP contribution is 2.08. The summed E-state index contributed by atoms with van der Waals surface area (Å²) in [5, 5.41) is 0. The summed E-state index contributed by atoms with van der Waals surface area (Å²) in [4.78, 5) is 0. The lowest BCUT2D eigenvalue weighted by atomic mass is 10.2. The van der Waals surface area contributed by atoms with Gasteiger partial charge in [0.15, 0.2) is 0 Å². The van der Waals surface area contributed by atoms with Crippen LogP contribution in [0.1, 0.15) is 11.1 Å². The minimum Gasteiger partial charge on any atom is -0.375 e. The predicted octanol–water partition coefficient (Wildman–Crippen LogP) is 2.22. The van der Waals surface area contributed by atoms with Crippen molar-refractivity contribution in [3.63, 3.8) is 0 Å². The van der Waals surface area contributed by atoms with Crippen LogP contribution in [0.2, 0.25) is 0 Å². The molecular formula is C10H14ClO3Si. The predicted molar refractivity (Wildman–Crippen MR) is 60.6 cm³/mol. The summed E-state index contributed by atoms with van der Waals surface area (Å²) in [5.41, 5.74) is 2.19. The van der Waals surface area contributed by atoms with E-state index in [1.165, 1.54) is 0 Å². The van der Waals surface area contributed by atoms with Crippen molar-refractivity contribution >= 4 is 21.1 Å². The third kappa shape index (κ3) is 4.32. The zero-order valence-corrected chi connectivity index (χ0v) is 10.6. The molecule has 0 atom stereocenters. The van der Waals surface area contributed by atoms with Gasteiger partial charge in [0, 0.05) is 20.1 Å². The van der Waals surface area contributed by atoms with Crippen molar-refractivity contribution < 1.29 is 13.3 Å². The van der Waals surface area contributed by atoms with E-state index in [4.69, 9.17) is 24.9 Å². The molecule has 0 aliphatic carbocycles. The van der Waals surface area contributed by atoms with Gasteiger partial charge in [-0.25, -0.2) is 0 Å². The van der Waals surface area contributed by atoms with Gasteiger partial charge in [0.1, 0.15) is 0 Å². The molecule has 0 heterocycles. The Hall–Kier alpha value is -0.393. The van der Waals surface area contributed by atoms with E-state index in [0.717, 1.165) is 11.1 Å². The summed E-state index contributed by atoms with van der Waals surface area (Å²) >= 11 is 5.69. The van der Waals surface area contributed by atoms with Crippen molar-refractivity contribution in [1.29, 1.82) is 0 Å². The SMILES string of the molecule is CO[Si](OC)OCc1ccc(CCl)cc1. The van der Waals surface area contributed by atoms with E-state index in [0.29, 0.717) is 12.5 Å². The molecule has 0 aromatic heterocycles. The maximum absolute atomic E-state index is 5.69. The molecule has 0 amide bonds. The van der Waals surface area contributed by atoms with Gasteiger partial charge in [0.2, 0.25) is 0 Å². The number of hydrogen-bond acceptors (Lipinski definition) is 3. The van der Waals surface area contributed by atoms with Crippen LogP contribution in [-0.2, 0) is 25.8 Å². The third-order valence-corrected chi connectivity index (χ3v) is 3.22. The highest BCUT2D eigenvalue weighted by Gasteiger charge is 2.14. The summed E-state index contributed by atoms with van der Waals surface area (Å²) in [5.74, 6) is 0.534. The van der Waals surface area contributed by atoms with Crippen molar-refractivity contribution in [2.75, 3.05) is 14.2 Å². The van der Waals surface area contributed by atoms with E-state index in [-0.39, 0.29) is 0 Å². The molecule has 1 rings (SSSR count). The number of rotatable bonds is 6. The van der Waals surface area contributed by atoms with Gasteiger partial charge in [0.05, 0.1) is 6.61 Å². The van der Waals surface area contributed by atoms with Crippen LogP contribution in [0.25, 0.3) is 0 Å². The molecule has 0 fully saturated rings. The van der Waals surface area contributed by atoms with Crippen LogP contribution in [0, 0.1) is 0 Å². The van der Waals surface area contributed by atoms with Crippen LogP contribution in [0.4, 0.5) is 0 Å². The van der Waals surface area contributed by atoms with Gasteiger partial charge in [-0.05, 0) is 11.1 Å². The zero-order valence-electron chi connectivity index (χ0n) is 8.83. The lowest BCUT2D eigenvalue weighted by Gasteiger charge is -2.09. The van der Waals surface area contributed by atoms with Gasteiger partial charge in [0.25, 0.3) is 0 Å². The fraction of sp³-hybridized carbons (Fsp3) is 0.400. The summed E-state index contributed by atoms with van der Waals surface area (Å²) in [6.07, 6.45) is 0. The highest BCUT2D eigenvalue weighted by atomic mass is 35.5. The molecule has 0 saturated carbocycles. The summed E-state index contributed by atoms with van der Waals surface area (Å²) in [6.45, 7) is 0.499. The second-order valence-corrected chi connectivity index (χ2v) is 4.77. The molecule has 0 unspecified atom stereocenters. The molecule has 1 aromatic carbocycles. The highest BCUT2D eigenvalue weighted by molar-refractivity contribution is 6.36. The first-order valence-corrected chi connectivity index (χ1v) is 6.27. The Kier molecular flexibility index (Phi) is 5.89. The Bertz CT molecular complexity index is 275. The van der Waals surface area contributed by atoms with Crippen LogP contribution in [0.5, 0.6) is 0 Å². The number of alkyl halides is 1. The smallest absolute Gasteiger partial charge is 0.375 e. The molecule has 0 spiro atoms. The van der Waals surface area contributed by atoms with Gasteiger partial charge in [-0.3, -0.25) is 0 Å². The van der Waals surface area contributed by atoms with Crippen LogP contribution >= 0.6 is 11.6 Å². The Morgan fingerprint density at radius 1 is 1.07 bits per heavy atom. The molecule has 83 valence electrons. The lowest BCUT2D eigenvalue weighted by Crippen LogP contribution is -2.23. The molecule has 1 aromatic rings. The van der Waals surface area contributed by atoms with Crippen LogP contribution < -0.4 is 0 Å². The minimum atomic E-state index is -1.56. The molecule has 0 saturated heterocycles. The molecule has 5 heteroatoms. The molecule has 0 aliphatic rings. The van der Waals surface area contributed by atoms with Crippen molar-refractivity contribution in [1.82, 2.24) is 0 Å². The van der Waals surface area contributed by atoms with Gasteiger partial charge >= 0.3 is 9.53 Å². The second-order valence-electron chi connectivity index (χ2n) is 2.90. The normalized spacial score (nSPS) is 10.9. The summed E-state index contributed by atoms with van der Waals surface area (Å²) in [6, 6.07) is 7.94. The Labute approximate surface area is 96.9 Å². The topological polar surface area (TPSA) is 27.7 Å². The largest absolute Gasteiger partial charge is 0.577 e. The molecule has 0 N–H and O–H groups in total. The molecule has 3 nitrogen and oxygen atoms in total. The molecule has 1 radical (unpaired) electrons. The van der Waals surface area contributed by atoms with Crippen molar-refractivity contribution in [3.8, 4) is 0 Å². The zero-order chi connectivity index (χ0) is 11.1. The average molecular weight is 246 g/mol. The Morgan fingerprint density at radius 3 is 2.07 bits per heavy atom. The molecular weight excluding hydrogens is 232 g/mol. The van der Waals surface area contributed by atoms with E-state index < -0.39 is 9.53 Å². The number of halogens is 1. The lowest BCUT2D eigenvalue weighted by molar-refractivity contribution is 0.128. The van der Waals surface area contributed by atoms with Gasteiger partial charge in [-0.2, -0.15) is 0 Å². The van der Waals surface area contributed by atoms with E-state index in [1.807, 2.05) is 24.3 Å². The fourth-order valence-corrected chi connectivity index (χ4v) is 1.93. The third-order valence-electron chi connectivity index (χ3n) is 1.87. The summed E-state index contributed by atoms with van der Waals surface area (Å²) < 4.78 is 15.4. The maximum atomic E-state index is 5.69.